The van der Waals surface area contributed by atoms with Gasteiger partial charge in [-0.3, -0.25) is 18.7 Å². The number of carbonyl (C=O) groups is 1. The second-order valence-electron chi connectivity index (χ2n) is 10.7. The number of aryl methyl sites for hydroxylation is 1. The van der Waals surface area contributed by atoms with Crippen molar-refractivity contribution in [3.63, 3.8) is 0 Å². The Kier molecular flexibility index (Phi) is 7.39. The molecule has 3 aromatic rings. The number of aromatic amines is 1. The molecule has 2 aliphatic carbocycles. The van der Waals surface area contributed by atoms with Crippen LogP contribution in [0.25, 0.3) is 22.6 Å². The van der Waals surface area contributed by atoms with Gasteiger partial charge in [-0.2, -0.15) is 0 Å². The van der Waals surface area contributed by atoms with Crippen LogP contribution in [0.2, 0.25) is 0 Å². The van der Waals surface area contributed by atoms with Gasteiger partial charge in [-0.15, -0.1) is 0 Å². The molecule has 0 atom stereocenters. The summed E-state index contributed by atoms with van der Waals surface area (Å²) in [5, 5.41) is 8.93. The molecule has 8 heteroatoms. The first-order valence-corrected chi connectivity index (χ1v) is 13.5. The van der Waals surface area contributed by atoms with Crippen molar-refractivity contribution in [2.45, 2.75) is 90.1 Å². The van der Waals surface area contributed by atoms with E-state index in [0.717, 1.165) is 49.7 Å². The number of rotatable bonds is 8. The van der Waals surface area contributed by atoms with Crippen LogP contribution >= 0.6 is 0 Å². The van der Waals surface area contributed by atoms with Gasteiger partial charge in [0.05, 0.1) is 0 Å². The van der Waals surface area contributed by atoms with Gasteiger partial charge in [0.15, 0.2) is 5.65 Å². The van der Waals surface area contributed by atoms with Crippen molar-refractivity contribution >= 4 is 17.1 Å². The van der Waals surface area contributed by atoms with Crippen molar-refractivity contribution in [2.24, 2.45) is 11.8 Å². The molecule has 2 fully saturated rings. The van der Waals surface area contributed by atoms with Crippen LogP contribution in [0.4, 0.5) is 0 Å². The van der Waals surface area contributed by atoms with Crippen LogP contribution in [0, 0.1) is 11.8 Å². The number of nitrogens with one attached hydrogen (secondary N) is 1. The zero-order valence-corrected chi connectivity index (χ0v) is 20.9. The van der Waals surface area contributed by atoms with E-state index < -0.39 is 5.97 Å². The largest absolute Gasteiger partial charge is 0.481 e. The lowest BCUT2D eigenvalue weighted by molar-refractivity contribution is -0.136. The molecule has 5 rings (SSSR count). The Morgan fingerprint density at radius 3 is 2.06 bits per heavy atom. The number of aliphatic carboxylic acids is 1. The van der Waals surface area contributed by atoms with Gasteiger partial charge in [0.25, 0.3) is 5.56 Å². The van der Waals surface area contributed by atoms with Crippen molar-refractivity contribution in [3.8, 4) is 11.4 Å². The van der Waals surface area contributed by atoms with Crippen LogP contribution in [-0.4, -0.2) is 30.2 Å². The number of hydrogen-bond donors (Lipinski definition) is 2. The summed E-state index contributed by atoms with van der Waals surface area (Å²) in [6.07, 6.45) is 12.0. The van der Waals surface area contributed by atoms with E-state index in [1.807, 2.05) is 24.3 Å². The van der Waals surface area contributed by atoms with E-state index in [1.54, 1.807) is 4.57 Å². The van der Waals surface area contributed by atoms with Crippen LogP contribution in [0.1, 0.15) is 76.2 Å². The number of H-pyrrole nitrogens is 1. The van der Waals surface area contributed by atoms with E-state index in [2.05, 4.69) is 4.98 Å². The summed E-state index contributed by atoms with van der Waals surface area (Å²) in [5.74, 6) is 0.523. The summed E-state index contributed by atoms with van der Waals surface area (Å²) in [7, 11) is 0. The summed E-state index contributed by atoms with van der Waals surface area (Å²) in [6, 6.07) is 7.56. The first-order chi connectivity index (χ1) is 17.5. The first-order valence-electron chi connectivity index (χ1n) is 13.5. The summed E-state index contributed by atoms with van der Waals surface area (Å²) >= 11 is 0. The molecule has 8 nitrogen and oxygen atoms in total. The van der Waals surface area contributed by atoms with Gasteiger partial charge in [0, 0.05) is 25.1 Å². The van der Waals surface area contributed by atoms with E-state index in [-0.39, 0.29) is 17.7 Å². The predicted octanol–water partition coefficient (Wildman–Crippen LogP) is 4.73. The number of carboxylic acids is 1. The van der Waals surface area contributed by atoms with E-state index in [0.29, 0.717) is 48.3 Å². The molecule has 36 heavy (non-hydrogen) atoms. The van der Waals surface area contributed by atoms with Crippen LogP contribution in [0.15, 0.2) is 33.9 Å². The highest BCUT2D eigenvalue weighted by Gasteiger charge is 2.24. The molecule has 2 heterocycles. The third-order valence-electron chi connectivity index (χ3n) is 8.05. The van der Waals surface area contributed by atoms with Gasteiger partial charge >= 0.3 is 11.7 Å². The minimum absolute atomic E-state index is 0.0813. The molecule has 1 aromatic carbocycles. The maximum atomic E-state index is 13.7. The highest BCUT2D eigenvalue weighted by atomic mass is 16.4. The SMILES string of the molecule is O=C(O)CCc1ccc(-c2nc3c([nH]2)c(=O)n(CC2CCCCC2)c(=O)n3CC2CCCCC2)cc1. The second-order valence-corrected chi connectivity index (χ2v) is 10.7. The summed E-state index contributed by atoms with van der Waals surface area (Å²) in [5.41, 5.74) is 2.07. The maximum Gasteiger partial charge on any atom is 0.332 e. The third-order valence-corrected chi connectivity index (χ3v) is 8.05. The number of nitrogens with zero attached hydrogens (tertiary/aromatic N) is 3. The molecule has 0 unspecified atom stereocenters. The molecule has 0 spiro atoms. The Balaban J connectivity index is 1.53. The Labute approximate surface area is 210 Å². The Morgan fingerprint density at radius 2 is 1.47 bits per heavy atom. The summed E-state index contributed by atoms with van der Waals surface area (Å²) in [6.45, 7) is 1.07. The van der Waals surface area contributed by atoms with Crippen LogP contribution in [-0.2, 0) is 24.3 Å². The summed E-state index contributed by atoms with van der Waals surface area (Å²) in [4.78, 5) is 46.1. The number of benzene rings is 1. The lowest BCUT2D eigenvalue weighted by atomic mass is 9.89. The standard InChI is InChI=1S/C28H36N4O4/c33-23(34)16-13-19-11-14-22(15-12-19)25-29-24-26(30-25)31(17-20-7-3-1-4-8-20)28(36)32(27(24)35)18-21-9-5-2-6-10-21/h11-12,14-15,20-21H,1-10,13,16-18H2,(H,29,30)(H,33,34). The van der Waals surface area contributed by atoms with Gasteiger partial charge < -0.3 is 10.1 Å². The number of fused-ring (bicyclic) bond motifs is 1. The van der Waals surface area contributed by atoms with E-state index in [1.165, 1.54) is 30.3 Å². The molecule has 0 aliphatic heterocycles. The van der Waals surface area contributed by atoms with Gasteiger partial charge in [0.2, 0.25) is 0 Å². The number of carboxylic acid groups (broad SMARTS) is 1. The molecule has 0 radical (unpaired) electrons. The topological polar surface area (TPSA) is 110 Å². The van der Waals surface area contributed by atoms with Crippen molar-refractivity contribution in [1.82, 2.24) is 19.1 Å². The van der Waals surface area contributed by atoms with Crippen molar-refractivity contribution in [3.05, 3.63) is 50.7 Å². The average molecular weight is 493 g/mol. The summed E-state index contributed by atoms with van der Waals surface area (Å²) < 4.78 is 3.20. The van der Waals surface area contributed by atoms with Crippen molar-refractivity contribution in [2.75, 3.05) is 0 Å². The van der Waals surface area contributed by atoms with Gasteiger partial charge in [-0.05, 0) is 49.5 Å². The minimum Gasteiger partial charge on any atom is -0.481 e. The number of hydrogen-bond acceptors (Lipinski definition) is 4. The van der Waals surface area contributed by atoms with Crippen molar-refractivity contribution < 1.29 is 9.90 Å². The second kappa shape index (κ2) is 10.8. The Morgan fingerprint density at radius 1 is 0.889 bits per heavy atom. The van der Waals surface area contributed by atoms with E-state index >= 15 is 0 Å². The minimum atomic E-state index is -0.822. The van der Waals surface area contributed by atoms with Gasteiger partial charge in [0.1, 0.15) is 11.3 Å². The number of aromatic nitrogens is 4. The molecule has 2 aliphatic rings. The molecule has 0 amide bonds. The zero-order valence-electron chi connectivity index (χ0n) is 20.9. The average Bonchev–Trinajstić information content (AvgIpc) is 3.35. The fourth-order valence-electron chi connectivity index (χ4n) is 5.97. The lowest BCUT2D eigenvalue weighted by Crippen LogP contribution is -2.42. The zero-order chi connectivity index (χ0) is 25.1. The first kappa shape index (κ1) is 24.5. The van der Waals surface area contributed by atoms with Crippen molar-refractivity contribution in [1.29, 1.82) is 0 Å². The molecule has 2 N–H and O–H groups in total. The molecular formula is C28H36N4O4. The highest BCUT2D eigenvalue weighted by Crippen LogP contribution is 2.27. The molecular weight excluding hydrogens is 456 g/mol. The maximum absolute atomic E-state index is 13.7. The Hall–Kier alpha value is -3.16. The predicted molar refractivity (Wildman–Crippen MR) is 139 cm³/mol. The quantitative estimate of drug-likeness (QED) is 0.472. The van der Waals surface area contributed by atoms with E-state index in [4.69, 9.17) is 10.1 Å². The molecule has 2 aromatic heterocycles. The molecule has 2 saturated carbocycles. The van der Waals surface area contributed by atoms with E-state index in [9.17, 15) is 14.4 Å². The molecule has 0 saturated heterocycles. The fraction of sp³-hybridized carbons (Fsp3) is 0.571. The van der Waals surface area contributed by atoms with Crippen LogP contribution < -0.4 is 11.2 Å². The lowest BCUT2D eigenvalue weighted by Gasteiger charge is -2.24. The normalized spacial score (nSPS) is 17.6. The Bertz CT molecular complexity index is 1320. The molecule has 192 valence electrons. The van der Waals surface area contributed by atoms with Crippen LogP contribution in [0.5, 0.6) is 0 Å². The third kappa shape index (κ3) is 5.32. The smallest absolute Gasteiger partial charge is 0.332 e. The van der Waals surface area contributed by atoms with Gasteiger partial charge in [-0.25, -0.2) is 9.78 Å². The van der Waals surface area contributed by atoms with Crippen LogP contribution in [0.3, 0.4) is 0 Å². The monoisotopic (exact) mass is 492 g/mol. The number of imidazole rings is 1. The molecule has 0 bridgehead atoms. The fourth-order valence-corrected chi connectivity index (χ4v) is 5.97. The highest BCUT2D eigenvalue weighted by molar-refractivity contribution is 5.75. The van der Waals surface area contributed by atoms with Gasteiger partial charge in [-0.1, -0.05) is 62.8 Å².